The van der Waals surface area contributed by atoms with Crippen LogP contribution in [0.15, 0.2) is 42.5 Å². The van der Waals surface area contributed by atoms with Crippen LogP contribution in [0.25, 0.3) is 0 Å². The zero-order chi connectivity index (χ0) is 18.4. The van der Waals surface area contributed by atoms with Gasteiger partial charge in [0.2, 0.25) is 0 Å². The van der Waals surface area contributed by atoms with Crippen LogP contribution in [0.2, 0.25) is 0 Å². The number of anilines is 1. The number of nitrogens with one attached hydrogen (secondary N) is 1. The van der Waals surface area contributed by atoms with Gasteiger partial charge in [-0.1, -0.05) is 12.1 Å². The van der Waals surface area contributed by atoms with Crippen molar-refractivity contribution in [1.29, 1.82) is 0 Å². The molecule has 0 radical (unpaired) electrons. The van der Waals surface area contributed by atoms with Gasteiger partial charge in [-0.3, -0.25) is 4.79 Å². The number of benzene rings is 2. The first-order valence-electron chi connectivity index (χ1n) is 7.91. The van der Waals surface area contributed by atoms with Crippen LogP contribution < -0.4 is 19.7 Å². The number of carbonyl (C=O) groups excluding carboxylic acids is 1. The molecule has 134 valence electrons. The van der Waals surface area contributed by atoms with Crippen molar-refractivity contribution in [3.05, 3.63) is 53.6 Å². The minimum absolute atomic E-state index is 0.106. The number of aliphatic hydroxyl groups excluding tert-OH is 1. The lowest BCUT2D eigenvalue weighted by molar-refractivity contribution is 0.0913. The predicted molar refractivity (Wildman–Crippen MR) is 97.6 cm³/mol. The minimum Gasteiger partial charge on any atom is -0.497 e. The Labute approximate surface area is 148 Å². The smallest absolute Gasteiger partial charge is 0.255 e. The lowest BCUT2D eigenvalue weighted by Gasteiger charge is -2.16. The Balaban J connectivity index is 2.01. The number of hydrogen-bond acceptors (Lipinski definition) is 5. The summed E-state index contributed by atoms with van der Waals surface area (Å²) in [5, 5.41) is 13.0. The molecular formula is C19H24N2O4. The summed E-state index contributed by atoms with van der Waals surface area (Å²) < 4.78 is 10.3. The molecule has 2 aromatic carbocycles. The first-order valence-corrected chi connectivity index (χ1v) is 7.91. The van der Waals surface area contributed by atoms with Gasteiger partial charge in [0.25, 0.3) is 5.91 Å². The molecule has 2 aromatic rings. The Morgan fingerprint density at radius 3 is 2.36 bits per heavy atom. The lowest BCUT2D eigenvalue weighted by atomic mass is 10.1. The number of rotatable bonds is 7. The Kier molecular flexibility index (Phi) is 6.25. The molecule has 6 heteroatoms. The fraction of sp³-hybridized carbons (Fsp3) is 0.316. The maximum Gasteiger partial charge on any atom is 0.255 e. The molecule has 0 saturated carbocycles. The Bertz CT molecular complexity index is 714. The van der Waals surface area contributed by atoms with Crippen molar-refractivity contribution in [1.82, 2.24) is 5.32 Å². The number of aliphatic hydroxyl groups is 1. The fourth-order valence-electron chi connectivity index (χ4n) is 2.38. The Morgan fingerprint density at radius 2 is 1.80 bits per heavy atom. The number of carbonyl (C=O) groups is 1. The van der Waals surface area contributed by atoms with Crippen LogP contribution in [0.4, 0.5) is 5.69 Å². The fourth-order valence-corrected chi connectivity index (χ4v) is 2.38. The van der Waals surface area contributed by atoms with Crippen LogP contribution in [-0.2, 0) is 0 Å². The van der Waals surface area contributed by atoms with Crippen molar-refractivity contribution in [2.75, 3.05) is 39.8 Å². The highest BCUT2D eigenvalue weighted by Crippen LogP contribution is 2.24. The second kappa shape index (κ2) is 8.39. The second-order valence-corrected chi connectivity index (χ2v) is 5.78. The molecule has 2 N–H and O–H groups in total. The molecule has 0 fully saturated rings. The average molecular weight is 344 g/mol. The van der Waals surface area contributed by atoms with E-state index in [-0.39, 0.29) is 12.5 Å². The Morgan fingerprint density at radius 1 is 1.12 bits per heavy atom. The number of methoxy groups -OCH3 is 2. The van der Waals surface area contributed by atoms with Crippen molar-refractivity contribution in [2.45, 2.75) is 6.10 Å². The summed E-state index contributed by atoms with van der Waals surface area (Å²) in [6.07, 6.45) is -0.788. The first-order chi connectivity index (χ1) is 12.0. The van der Waals surface area contributed by atoms with Gasteiger partial charge < -0.3 is 24.8 Å². The third-order valence-corrected chi connectivity index (χ3v) is 3.90. The van der Waals surface area contributed by atoms with E-state index in [0.29, 0.717) is 17.1 Å². The third kappa shape index (κ3) is 4.64. The van der Waals surface area contributed by atoms with E-state index in [2.05, 4.69) is 5.32 Å². The first kappa shape index (κ1) is 18.6. The van der Waals surface area contributed by atoms with Crippen molar-refractivity contribution in [3.63, 3.8) is 0 Å². The molecule has 0 aliphatic heterocycles. The summed E-state index contributed by atoms with van der Waals surface area (Å²) in [6, 6.07) is 12.5. The largest absolute Gasteiger partial charge is 0.497 e. The summed E-state index contributed by atoms with van der Waals surface area (Å²) in [6.45, 7) is 0.106. The van der Waals surface area contributed by atoms with Gasteiger partial charge in [-0.2, -0.15) is 0 Å². The van der Waals surface area contributed by atoms with E-state index in [1.165, 1.54) is 7.11 Å². The molecular weight excluding hydrogens is 320 g/mol. The van der Waals surface area contributed by atoms with Gasteiger partial charge in [0, 0.05) is 32.4 Å². The van der Waals surface area contributed by atoms with Gasteiger partial charge in [0.15, 0.2) is 0 Å². The number of hydrogen-bond donors (Lipinski definition) is 2. The minimum atomic E-state index is -0.788. The molecule has 0 bridgehead atoms. The van der Waals surface area contributed by atoms with Crippen LogP contribution in [0.3, 0.4) is 0 Å². The third-order valence-electron chi connectivity index (χ3n) is 3.90. The van der Waals surface area contributed by atoms with E-state index < -0.39 is 6.10 Å². The zero-order valence-corrected chi connectivity index (χ0v) is 14.9. The van der Waals surface area contributed by atoms with Crippen molar-refractivity contribution >= 4 is 11.6 Å². The van der Waals surface area contributed by atoms with Gasteiger partial charge in [-0.05, 0) is 29.8 Å². The standard InChI is InChI=1S/C19H24N2O4/c1-21(2)14-7-5-13(6-8-14)17(22)12-20-19(23)16-10-9-15(24-3)11-18(16)25-4/h5-11,17,22H,12H2,1-4H3,(H,20,23). The molecule has 1 unspecified atom stereocenters. The van der Waals surface area contributed by atoms with Crippen molar-refractivity contribution in [3.8, 4) is 11.5 Å². The molecule has 1 atom stereocenters. The van der Waals surface area contributed by atoms with Crippen LogP contribution in [0.5, 0.6) is 11.5 Å². The van der Waals surface area contributed by atoms with E-state index in [0.717, 1.165) is 11.3 Å². The van der Waals surface area contributed by atoms with Crippen molar-refractivity contribution < 1.29 is 19.4 Å². The second-order valence-electron chi connectivity index (χ2n) is 5.78. The number of amides is 1. The molecule has 0 heterocycles. The zero-order valence-electron chi connectivity index (χ0n) is 14.9. The van der Waals surface area contributed by atoms with E-state index in [4.69, 9.17) is 9.47 Å². The van der Waals surface area contributed by atoms with E-state index >= 15 is 0 Å². The van der Waals surface area contributed by atoms with Crippen LogP contribution in [-0.4, -0.2) is 45.9 Å². The normalized spacial score (nSPS) is 11.6. The van der Waals surface area contributed by atoms with Gasteiger partial charge in [-0.25, -0.2) is 0 Å². The maximum absolute atomic E-state index is 12.4. The highest BCUT2D eigenvalue weighted by molar-refractivity contribution is 5.97. The SMILES string of the molecule is COc1ccc(C(=O)NCC(O)c2ccc(N(C)C)cc2)c(OC)c1. The van der Waals surface area contributed by atoms with Gasteiger partial charge in [-0.15, -0.1) is 0 Å². The molecule has 2 rings (SSSR count). The monoisotopic (exact) mass is 344 g/mol. The molecule has 0 aliphatic carbocycles. The predicted octanol–water partition coefficient (Wildman–Crippen LogP) is 2.23. The summed E-state index contributed by atoms with van der Waals surface area (Å²) in [4.78, 5) is 14.3. The number of ether oxygens (including phenoxy) is 2. The highest BCUT2D eigenvalue weighted by Gasteiger charge is 2.15. The van der Waals surface area contributed by atoms with E-state index in [9.17, 15) is 9.90 Å². The molecule has 1 amide bonds. The van der Waals surface area contributed by atoms with Crippen LogP contribution >= 0.6 is 0 Å². The van der Waals surface area contributed by atoms with Gasteiger partial charge >= 0.3 is 0 Å². The van der Waals surface area contributed by atoms with Crippen molar-refractivity contribution in [2.24, 2.45) is 0 Å². The lowest BCUT2D eigenvalue weighted by Crippen LogP contribution is -2.28. The summed E-state index contributed by atoms with van der Waals surface area (Å²) in [5.41, 5.74) is 2.18. The van der Waals surface area contributed by atoms with Crippen LogP contribution in [0.1, 0.15) is 22.0 Å². The molecule has 0 aliphatic rings. The quantitative estimate of drug-likeness (QED) is 0.806. The van der Waals surface area contributed by atoms with E-state index in [1.54, 1.807) is 25.3 Å². The molecule has 6 nitrogen and oxygen atoms in total. The topological polar surface area (TPSA) is 71.0 Å². The highest BCUT2D eigenvalue weighted by atomic mass is 16.5. The molecule has 0 spiro atoms. The summed E-state index contributed by atoms with van der Waals surface area (Å²) >= 11 is 0. The average Bonchev–Trinajstić information content (AvgIpc) is 2.65. The molecule has 25 heavy (non-hydrogen) atoms. The molecule has 0 saturated heterocycles. The maximum atomic E-state index is 12.4. The molecule has 0 aromatic heterocycles. The number of nitrogens with zero attached hydrogens (tertiary/aromatic N) is 1. The van der Waals surface area contributed by atoms with Crippen LogP contribution in [0, 0.1) is 0 Å². The van der Waals surface area contributed by atoms with Gasteiger partial charge in [0.1, 0.15) is 11.5 Å². The summed E-state index contributed by atoms with van der Waals surface area (Å²) in [5.74, 6) is 0.708. The summed E-state index contributed by atoms with van der Waals surface area (Å²) in [7, 11) is 6.95. The van der Waals surface area contributed by atoms with E-state index in [1.807, 2.05) is 43.3 Å². The Hall–Kier alpha value is -2.73. The van der Waals surface area contributed by atoms with Gasteiger partial charge in [0.05, 0.1) is 25.9 Å².